The van der Waals surface area contributed by atoms with Crippen LogP contribution in [0.15, 0.2) is 53.7 Å². The van der Waals surface area contributed by atoms with E-state index in [1.54, 1.807) is 30.3 Å². The second-order valence-electron chi connectivity index (χ2n) is 3.42. The Morgan fingerprint density at radius 3 is 2.29 bits per heavy atom. The number of hydrogen-bond donors (Lipinski definition) is 1. The predicted octanol–water partition coefficient (Wildman–Crippen LogP) is 3.19. The SMILES string of the molecule is ON=C(c1ccccc1)c1cccc(F)c1F. The summed E-state index contributed by atoms with van der Waals surface area (Å²) in [6, 6.07) is 12.3. The van der Waals surface area contributed by atoms with Crippen molar-refractivity contribution >= 4 is 5.71 Å². The van der Waals surface area contributed by atoms with Crippen LogP contribution in [0, 0.1) is 11.6 Å². The highest BCUT2D eigenvalue weighted by molar-refractivity contribution is 6.12. The van der Waals surface area contributed by atoms with Crippen molar-refractivity contribution < 1.29 is 14.0 Å². The molecular formula is C13H9F2NO. The van der Waals surface area contributed by atoms with Gasteiger partial charge in [0, 0.05) is 11.1 Å². The Morgan fingerprint density at radius 2 is 1.65 bits per heavy atom. The van der Waals surface area contributed by atoms with E-state index in [2.05, 4.69) is 5.16 Å². The van der Waals surface area contributed by atoms with E-state index in [0.717, 1.165) is 6.07 Å². The maximum Gasteiger partial charge on any atom is 0.168 e. The molecule has 1 N–H and O–H groups in total. The molecule has 2 aromatic rings. The van der Waals surface area contributed by atoms with Crippen molar-refractivity contribution in [1.29, 1.82) is 0 Å². The van der Waals surface area contributed by atoms with Crippen molar-refractivity contribution in [2.45, 2.75) is 0 Å². The van der Waals surface area contributed by atoms with Crippen LogP contribution >= 0.6 is 0 Å². The third-order valence-corrected chi connectivity index (χ3v) is 2.35. The molecule has 4 heteroatoms. The lowest BCUT2D eigenvalue weighted by Crippen LogP contribution is -2.07. The largest absolute Gasteiger partial charge is 0.410 e. The molecule has 0 aliphatic carbocycles. The first-order valence-electron chi connectivity index (χ1n) is 4.96. The summed E-state index contributed by atoms with van der Waals surface area (Å²) >= 11 is 0. The summed E-state index contributed by atoms with van der Waals surface area (Å²) < 4.78 is 26.6. The Balaban J connectivity index is 2.55. The van der Waals surface area contributed by atoms with E-state index >= 15 is 0 Å². The Kier molecular flexibility index (Phi) is 3.14. The molecule has 0 saturated heterocycles. The molecule has 0 heterocycles. The van der Waals surface area contributed by atoms with Gasteiger partial charge in [-0.15, -0.1) is 0 Å². The van der Waals surface area contributed by atoms with Crippen molar-refractivity contribution in [1.82, 2.24) is 0 Å². The first-order chi connectivity index (χ1) is 8.24. The van der Waals surface area contributed by atoms with Crippen LogP contribution in [0.25, 0.3) is 0 Å². The number of rotatable bonds is 2. The molecule has 0 aromatic heterocycles. The zero-order chi connectivity index (χ0) is 12.3. The average molecular weight is 233 g/mol. The quantitative estimate of drug-likeness (QED) is 0.482. The van der Waals surface area contributed by atoms with Crippen LogP contribution in [0.4, 0.5) is 8.78 Å². The zero-order valence-corrected chi connectivity index (χ0v) is 8.77. The number of nitrogens with zero attached hydrogens (tertiary/aromatic N) is 1. The highest BCUT2D eigenvalue weighted by Crippen LogP contribution is 2.16. The topological polar surface area (TPSA) is 32.6 Å². The van der Waals surface area contributed by atoms with Crippen LogP contribution in [-0.2, 0) is 0 Å². The molecule has 0 aliphatic heterocycles. The minimum Gasteiger partial charge on any atom is -0.410 e. The van der Waals surface area contributed by atoms with E-state index in [9.17, 15) is 8.78 Å². The summed E-state index contributed by atoms with van der Waals surface area (Å²) in [5.41, 5.74) is 0.445. The van der Waals surface area contributed by atoms with Gasteiger partial charge in [-0.25, -0.2) is 8.78 Å². The van der Waals surface area contributed by atoms with Gasteiger partial charge in [0.15, 0.2) is 11.6 Å². The molecule has 2 aromatic carbocycles. The van der Waals surface area contributed by atoms with Crippen LogP contribution in [0.1, 0.15) is 11.1 Å². The van der Waals surface area contributed by atoms with Gasteiger partial charge in [0.2, 0.25) is 0 Å². The molecule has 0 fully saturated rings. The van der Waals surface area contributed by atoms with E-state index in [4.69, 9.17) is 5.21 Å². The van der Waals surface area contributed by atoms with Gasteiger partial charge in [0.1, 0.15) is 5.71 Å². The molecule has 0 aliphatic rings. The van der Waals surface area contributed by atoms with Gasteiger partial charge in [0.05, 0.1) is 0 Å². The van der Waals surface area contributed by atoms with Crippen molar-refractivity contribution in [3.05, 3.63) is 71.3 Å². The lowest BCUT2D eigenvalue weighted by molar-refractivity contribution is 0.319. The predicted molar refractivity (Wildman–Crippen MR) is 60.2 cm³/mol. The fraction of sp³-hybridized carbons (Fsp3) is 0. The normalized spacial score (nSPS) is 11.5. The monoisotopic (exact) mass is 233 g/mol. The first-order valence-corrected chi connectivity index (χ1v) is 4.96. The number of halogens is 2. The lowest BCUT2D eigenvalue weighted by atomic mass is 10.0. The van der Waals surface area contributed by atoms with Gasteiger partial charge in [-0.3, -0.25) is 0 Å². The van der Waals surface area contributed by atoms with Crippen molar-refractivity contribution in [2.24, 2.45) is 5.16 Å². The Morgan fingerprint density at radius 1 is 0.941 bits per heavy atom. The van der Waals surface area contributed by atoms with Crippen LogP contribution in [0.5, 0.6) is 0 Å². The summed E-state index contributed by atoms with van der Waals surface area (Å²) in [7, 11) is 0. The summed E-state index contributed by atoms with van der Waals surface area (Å²) in [5.74, 6) is -2.00. The standard InChI is InChI=1S/C13H9F2NO/c14-11-8-4-7-10(12(11)15)13(16-17)9-5-2-1-3-6-9/h1-8,17H. The minimum absolute atomic E-state index is 0.00241. The number of oxime groups is 1. The number of hydrogen-bond acceptors (Lipinski definition) is 2. The van der Waals surface area contributed by atoms with Gasteiger partial charge in [-0.2, -0.15) is 0 Å². The van der Waals surface area contributed by atoms with E-state index < -0.39 is 11.6 Å². The molecule has 0 spiro atoms. The molecule has 2 nitrogen and oxygen atoms in total. The fourth-order valence-corrected chi connectivity index (χ4v) is 1.55. The summed E-state index contributed by atoms with van der Waals surface area (Å²) in [5, 5.41) is 12.0. The Hall–Kier alpha value is -2.23. The first kappa shape index (κ1) is 11.3. The molecule has 0 atom stereocenters. The van der Waals surface area contributed by atoms with Crippen molar-refractivity contribution in [2.75, 3.05) is 0 Å². The molecule has 0 radical (unpaired) electrons. The van der Waals surface area contributed by atoms with E-state index in [0.29, 0.717) is 5.56 Å². The highest BCUT2D eigenvalue weighted by atomic mass is 19.2. The van der Waals surface area contributed by atoms with E-state index in [1.165, 1.54) is 12.1 Å². The smallest absolute Gasteiger partial charge is 0.168 e. The molecule has 2 rings (SSSR count). The van der Waals surface area contributed by atoms with Crippen LogP contribution in [0.3, 0.4) is 0 Å². The Bertz CT molecular complexity index is 553. The van der Waals surface area contributed by atoms with Gasteiger partial charge < -0.3 is 5.21 Å². The van der Waals surface area contributed by atoms with Crippen LogP contribution < -0.4 is 0 Å². The zero-order valence-electron chi connectivity index (χ0n) is 8.77. The van der Waals surface area contributed by atoms with E-state index in [1.807, 2.05) is 0 Å². The van der Waals surface area contributed by atoms with Gasteiger partial charge in [-0.05, 0) is 12.1 Å². The maximum absolute atomic E-state index is 13.6. The van der Waals surface area contributed by atoms with Crippen LogP contribution in [0.2, 0.25) is 0 Å². The van der Waals surface area contributed by atoms with Gasteiger partial charge in [-0.1, -0.05) is 41.6 Å². The summed E-state index contributed by atoms with van der Waals surface area (Å²) in [6.07, 6.45) is 0. The summed E-state index contributed by atoms with van der Waals surface area (Å²) in [6.45, 7) is 0. The lowest BCUT2D eigenvalue weighted by Gasteiger charge is -2.06. The molecular weight excluding hydrogens is 224 g/mol. The van der Waals surface area contributed by atoms with Gasteiger partial charge in [0.25, 0.3) is 0 Å². The maximum atomic E-state index is 13.6. The molecule has 0 saturated carbocycles. The summed E-state index contributed by atoms with van der Waals surface area (Å²) in [4.78, 5) is 0. The second-order valence-corrected chi connectivity index (χ2v) is 3.42. The fourth-order valence-electron chi connectivity index (χ4n) is 1.55. The molecule has 17 heavy (non-hydrogen) atoms. The van der Waals surface area contributed by atoms with Crippen molar-refractivity contribution in [3.63, 3.8) is 0 Å². The van der Waals surface area contributed by atoms with Gasteiger partial charge >= 0.3 is 0 Å². The third kappa shape index (κ3) is 2.15. The molecule has 86 valence electrons. The minimum atomic E-state index is -1.02. The van der Waals surface area contributed by atoms with Crippen LogP contribution in [-0.4, -0.2) is 10.9 Å². The van der Waals surface area contributed by atoms with Crippen molar-refractivity contribution in [3.8, 4) is 0 Å². The molecule has 0 unspecified atom stereocenters. The average Bonchev–Trinajstić information content (AvgIpc) is 2.37. The number of benzene rings is 2. The second kappa shape index (κ2) is 4.74. The molecule has 0 bridgehead atoms. The third-order valence-electron chi connectivity index (χ3n) is 2.35. The Labute approximate surface area is 96.8 Å². The molecule has 0 amide bonds. The van der Waals surface area contributed by atoms with E-state index in [-0.39, 0.29) is 11.3 Å². The highest BCUT2D eigenvalue weighted by Gasteiger charge is 2.15.